The maximum Gasteiger partial charge on any atom is 0.316 e. The molecule has 0 bridgehead atoms. The van der Waals surface area contributed by atoms with E-state index in [1.165, 1.54) is 30.0 Å². The first kappa shape index (κ1) is 17.7. The zero-order valence-corrected chi connectivity index (χ0v) is 14.9. The predicted molar refractivity (Wildman–Crippen MR) is 95.1 cm³/mol. The van der Waals surface area contributed by atoms with Gasteiger partial charge in [0.1, 0.15) is 0 Å². The number of hydrogen-bond donors (Lipinski definition) is 1. The van der Waals surface area contributed by atoms with Gasteiger partial charge < -0.3 is 10.1 Å². The third kappa shape index (κ3) is 5.84. The summed E-state index contributed by atoms with van der Waals surface area (Å²) in [6, 6.07) is 5.58. The van der Waals surface area contributed by atoms with E-state index in [0.717, 1.165) is 39.5 Å². The van der Waals surface area contributed by atoms with Crippen LogP contribution in [0.3, 0.4) is 0 Å². The molecule has 5 nitrogen and oxygen atoms in total. The van der Waals surface area contributed by atoms with Gasteiger partial charge >= 0.3 is 5.97 Å². The lowest BCUT2D eigenvalue weighted by molar-refractivity contribution is -0.140. The number of carbonyl (C=O) groups is 2. The summed E-state index contributed by atoms with van der Waals surface area (Å²) >= 11 is 2.89. The van der Waals surface area contributed by atoms with Crippen molar-refractivity contribution < 1.29 is 14.3 Å². The van der Waals surface area contributed by atoms with Crippen LogP contribution in [0.4, 0.5) is 5.69 Å². The summed E-state index contributed by atoms with van der Waals surface area (Å²) in [6.45, 7) is 4.08. The fraction of sp³-hybridized carbons (Fsp3) is 0.438. The van der Waals surface area contributed by atoms with Gasteiger partial charge in [0.25, 0.3) is 0 Å². The quantitative estimate of drug-likeness (QED) is 0.440. The minimum Gasteiger partial charge on any atom is -0.465 e. The lowest BCUT2D eigenvalue weighted by Crippen LogP contribution is -2.08. The summed E-state index contributed by atoms with van der Waals surface area (Å²) < 4.78 is 6.98. The normalized spacial score (nSPS) is 10.7. The van der Waals surface area contributed by atoms with Crippen molar-refractivity contribution in [2.24, 2.45) is 0 Å². The Bertz CT molecular complexity index is 685. The molecule has 0 aliphatic carbocycles. The Morgan fingerprint density at radius 1 is 1.35 bits per heavy atom. The molecule has 1 heterocycles. The third-order valence-electron chi connectivity index (χ3n) is 3.01. The molecule has 0 fully saturated rings. The highest BCUT2D eigenvalue weighted by Gasteiger charge is 2.09. The topological polar surface area (TPSA) is 68.3 Å². The number of unbranched alkanes of at least 4 members (excludes halogenated alkanes) is 2. The van der Waals surface area contributed by atoms with E-state index >= 15 is 0 Å². The van der Waals surface area contributed by atoms with Crippen molar-refractivity contribution in [3.05, 3.63) is 18.2 Å². The zero-order valence-electron chi connectivity index (χ0n) is 13.3. The summed E-state index contributed by atoms with van der Waals surface area (Å²) in [6.07, 6.45) is 3.10. The molecular formula is C16H20N2O3S2. The Kier molecular flexibility index (Phi) is 6.85. The first-order valence-electron chi connectivity index (χ1n) is 7.55. The number of benzene rings is 1. The highest BCUT2D eigenvalue weighted by molar-refractivity contribution is 8.01. The van der Waals surface area contributed by atoms with Crippen LogP contribution in [0.15, 0.2) is 22.5 Å². The van der Waals surface area contributed by atoms with Gasteiger partial charge in [0.05, 0.1) is 22.6 Å². The first-order chi connectivity index (χ1) is 11.1. The van der Waals surface area contributed by atoms with Crippen LogP contribution in [0.25, 0.3) is 10.2 Å². The van der Waals surface area contributed by atoms with Crippen LogP contribution in [0, 0.1) is 0 Å². The van der Waals surface area contributed by atoms with E-state index in [4.69, 9.17) is 4.74 Å². The summed E-state index contributed by atoms with van der Waals surface area (Å²) in [5.74, 6) is -0.0385. The van der Waals surface area contributed by atoms with Crippen molar-refractivity contribution in [1.82, 2.24) is 4.98 Å². The monoisotopic (exact) mass is 352 g/mol. The molecule has 0 saturated heterocycles. The van der Waals surface area contributed by atoms with Crippen molar-refractivity contribution in [1.29, 1.82) is 0 Å². The van der Waals surface area contributed by atoms with Crippen LogP contribution in [-0.4, -0.2) is 29.2 Å². The number of anilines is 1. The standard InChI is InChI=1S/C16H20N2O3S2/c1-3-4-5-8-21-15(20)10-22-16-18-13-7-6-12(17-11(2)19)9-14(13)23-16/h6-7,9H,3-5,8,10H2,1-2H3,(H,17,19). The molecule has 1 N–H and O–H groups in total. The SMILES string of the molecule is CCCCCOC(=O)CSc1nc2ccc(NC(C)=O)cc2s1. The van der Waals surface area contributed by atoms with Gasteiger partial charge in [0.15, 0.2) is 4.34 Å². The maximum atomic E-state index is 11.7. The number of nitrogens with zero attached hydrogens (tertiary/aromatic N) is 1. The van der Waals surface area contributed by atoms with Gasteiger partial charge in [-0.3, -0.25) is 9.59 Å². The number of thioether (sulfide) groups is 1. The van der Waals surface area contributed by atoms with Crippen molar-refractivity contribution in [3.63, 3.8) is 0 Å². The molecule has 0 spiro atoms. The van der Waals surface area contributed by atoms with E-state index in [1.54, 1.807) is 0 Å². The average molecular weight is 352 g/mol. The molecule has 0 atom stereocenters. The number of hydrogen-bond acceptors (Lipinski definition) is 6. The minimum absolute atomic E-state index is 0.103. The summed E-state index contributed by atoms with van der Waals surface area (Å²) in [7, 11) is 0. The molecule has 0 aliphatic heterocycles. The fourth-order valence-electron chi connectivity index (χ4n) is 1.95. The molecule has 2 aromatic rings. The second kappa shape index (κ2) is 8.88. The second-order valence-electron chi connectivity index (χ2n) is 5.06. The van der Waals surface area contributed by atoms with Gasteiger partial charge in [0, 0.05) is 12.6 Å². The van der Waals surface area contributed by atoms with E-state index in [0.29, 0.717) is 6.61 Å². The lowest BCUT2D eigenvalue weighted by atomic mass is 10.3. The lowest BCUT2D eigenvalue weighted by Gasteiger charge is -2.02. The number of carbonyl (C=O) groups excluding carboxylic acids is 2. The molecule has 23 heavy (non-hydrogen) atoms. The molecule has 7 heteroatoms. The highest BCUT2D eigenvalue weighted by atomic mass is 32.2. The first-order valence-corrected chi connectivity index (χ1v) is 9.35. The van der Waals surface area contributed by atoms with Crippen molar-refractivity contribution in [3.8, 4) is 0 Å². The fourth-order valence-corrected chi connectivity index (χ4v) is 3.85. The molecule has 0 saturated carbocycles. The van der Waals surface area contributed by atoms with Crippen molar-refractivity contribution in [2.75, 3.05) is 17.7 Å². The van der Waals surface area contributed by atoms with Crippen LogP contribution in [0.5, 0.6) is 0 Å². The van der Waals surface area contributed by atoms with Gasteiger partial charge in [-0.05, 0) is 24.6 Å². The number of esters is 1. The van der Waals surface area contributed by atoms with Gasteiger partial charge in [-0.25, -0.2) is 4.98 Å². The number of nitrogens with one attached hydrogen (secondary N) is 1. The molecule has 1 aromatic carbocycles. The van der Waals surface area contributed by atoms with Gasteiger partial charge in [-0.2, -0.15) is 0 Å². The van der Waals surface area contributed by atoms with Crippen LogP contribution >= 0.6 is 23.1 Å². The largest absolute Gasteiger partial charge is 0.465 e. The summed E-state index contributed by atoms with van der Waals surface area (Å²) in [4.78, 5) is 27.2. The zero-order chi connectivity index (χ0) is 16.7. The Hall–Kier alpha value is -1.60. The van der Waals surface area contributed by atoms with E-state index < -0.39 is 0 Å². The number of ether oxygens (including phenoxy) is 1. The number of amides is 1. The van der Waals surface area contributed by atoms with E-state index in [2.05, 4.69) is 17.2 Å². The van der Waals surface area contributed by atoms with Crippen LogP contribution in [-0.2, 0) is 14.3 Å². The van der Waals surface area contributed by atoms with E-state index in [9.17, 15) is 9.59 Å². The third-order valence-corrected chi connectivity index (χ3v) is 5.15. The summed E-state index contributed by atoms with van der Waals surface area (Å²) in [5, 5.41) is 2.75. The Balaban J connectivity index is 1.88. The number of thiazole rings is 1. The predicted octanol–water partition coefficient (Wildman–Crippen LogP) is 4.08. The van der Waals surface area contributed by atoms with E-state index in [-0.39, 0.29) is 17.6 Å². The van der Waals surface area contributed by atoms with Crippen LogP contribution < -0.4 is 5.32 Å². The highest BCUT2D eigenvalue weighted by Crippen LogP contribution is 2.31. The van der Waals surface area contributed by atoms with Crippen LogP contribution in [0.1, 0.15) is 33.1 Å². The van der Waals surface area contributed by atoms with Crippen molar-refractivity contribution >= 4 is 50.9 Å². The second-order valence-corrected chi connectivity index (χ2v) is 7.31. The van der Waals surface area contributed by atoms with Gasteiger partial charge in [-0.15, -0.1) is 11.3 Å². The molecule has 0 unspecified atom stereocenters. The Morgan fingerprint density at radius 3 is 2.91 bits per heavy atom. The number of fused-ring (bicyclic) bond motifs is 1. The Morgan fingerprint density at radius 2 is 2.17 bits per heavy atom. The molecular weight excluding hydrogens is 332 g/mol. The maximum absolute atomic E-state index is 11.7. The molecule has 1 amide bonds. The summed E-state index contributed by atoms with van der Waals surface area (Å²) in [5.41, 5.74) is 1.61. The molecule has 2 rings (SSSR count). The van der Waals surface area contributed by atoms with E-state index in [1.807, 2.05) is 18.2 Å². The molecule has 0 aliphatic rings. The Labute approximate surface area is 143 Å². The molecule has 0 radical (unpaired) electrons. The molecule has 124 valence electrons. The van der Waals surface area contributed by atoms with Crippen molar-refractivity contribution in [2.45, 2.75) is 37.4 Å². The molecule has 1 aromatic heterocycles. The van der Waals surface area contributed by atoms with Gasteiger partial charge in [0.2, 0.25) is 5.91 Å². The average Bonchev–Trinajstić information content (AvgIpc) is 2.91. The smallest absolute Gasteiger partial charge is 0.316 e. The van der Waals surface area contributed by atoms with Crippen LogP contribution in [0.2, 0.25) is 0 Å². The van der Waals surface area contributed by atoms with Gasteiger partial charge in [-0.1, -0.05) is 31.5 Å². The number of aromatic nitrogens is 1. The number of rotatable bonds is 8. The minimum atomic E-state index is -0.204.